The number of anilines is 3. The van der Waals surface area contributed by atoms with E-state index in [1.807, 2.05) is 44.3 Å². The van der Waals surface area contributed by atoms with E-state index in [0.717, 1.165) is 5.69 Å². The molecule has 8 heteroatoms. The highest BCUT2D eigenvalue weighted by Crippen LogP contribution is 2.17. The van der Waals surface area contributed by atoms with Crippen molar-refractivity contribution in [1.82, 2.24) is 15.1 Å². The number of carbonyl (C=O) groups excluding carboxylic acids is 2. The van der Waals surface area contributed by atoms with Gasteiger partial charge in [0.05, 0.1) is 0 Å². The molecule has 3 aromatic rings. The molecule has 2 aromatic carbocycles. The minimum absolute atomic E-state index is 0.113. The lowest BCUT2D eigenvalue weighted by atomic mass is 10.2. The van der Waals surface area contributed by atoms with Crippen LogP contribution in [0.1, 0.15) is 19.9 Å². The average molecular weight is 421 g/mol. The third-order valence-electron chi connectivity index (χ3n) is 5.07. The van der Waals surface area contributed by atoms with Gasteiger partial charge in [-0.25, -0.2) is 4.79 Å². The van der Waals surface area contributed by atoms with Crippen molar-refractivity contribution in [2.45, 2.75) is 25.9 Å². The summed E-state index contributed by atoms with van der Waals surface area (Å²) in [5.41, 5.74) is 2.27. The molecule has 31 heavy (non-hydrogen) atoms. The molecule has 3 amide bonds. The summed E-state index contributed by atoms with van der Waals surface area (Å²) in [6.45, 7) is 4.30. The fourth-order valence-corrected chi connectivity index (χ4v) is 3.02. The van der Waals surface area contributed by atoms with Gasteiger partial charge >= 0.3 is 6.03 Å². The molecule has 0 aliphatic rings. The molecule has 0 fully saturated rings. The zero-order valence-electron chi connectivity index (χ0n) is 17.9. The van der Waals surface area contributed by atoms with Crippen LogP contribution in [0.3, 0.4) is 0 Å². The monoisotopic (exact) mass is 420 g/mol. The van der Waals surface area contributed by atoms with Gasteiger partial charge in [-0.3, -0.25) is 9.48 Å². The zero-order chi connectivity index (χ0) is 22.2. The van der Waals surface area contributed by atoms with Crippen LogP contribution < -0.4 is 20.9 Å². The summed E-state index contributed by atoms with van der Waals surface area (Å²) in [4.78, 5) is 26.9. The molecule has 0 bridgehead atoms. The molecule has 0 radical (unpaired) electrons. The quantitative estimate of drug-likeness (QED) is 0.518. The van der Waals surface area contributed by atoms with Crippen molar-refractivity contribution in [2.75, 3.05) is 29.1 Å². The maximum absolute atomic E-state index is 12.4. The van der Waals surface area contributed by atoms with Crippen molar-refractivity contribution in [1.29, 1.82) is 0 Å². The molecule has 3 rings (SSSR count). The summed E-state index contributed by atoms with van der Waals surface area (Å²) in [5, 5.41) is 12.6. The molecule has 2 atom stereocenters. The van der Waals surface area contributed by atoms with Crippen molar-refractivity contribution in [3.8, 4) is 0 Å². The molecular weight excluding hydrogens is 392 g/mol. The van der Waals surface area contributed by atoms with Gasteiger partial charge in [0.25, 0.3) is 0 Å². The third kappa shape index (κ3) is 6.08. The van der Waals surface area contributed by atoms with Crippen LogP contribution in [0, 0.1) is 0 Å². The lowest BCUT2D eigenvalue weighted by Crippen LogP contribution is -2.41. The summed E-state index contributed by atoms with van der Waals surface area (Å²) in [6, 6.07) is 18.2. The number of likely N-dealkylation sites (N-methyl/N-ethyl adjacent to an activating group) is 1. The van der Waals surface area contributed by atoms with Gasteiger partial charge < -0.3 is 20.9 Å². The number of carbonyl (C=O) groups is 2. The molecule has 1 heterocycles. The van der Waals surface area contributed by atoms with E-state index in [1.54, 1.807) is 54.3 Å². The highest BCUT2D eigenvalue weighted by Gasteiger charge is 2.15. The van der Waals surface area contributed by atoms with Gasteiger partial charge in [-0.2, -0.15) is 5.10 Å². The lowest BCUT2D eigenvalue weighted by molar-refractivity contribution is -0.119. The normalized spacial score (nSPS) is 12.5. The predicted octanol–water partition coefficient (Wildman–Crippen LogP) is 3.73. The minimum atomic E-state index is -0.446. The Morgan fingerprint density at radius 2 is 1.71 bits per heavy atom. The van der Waals surface area contributed by atoms with Crippen molar-refractivity contribution in [2.24, 2.45) is 0 Å². The molecule has 0 aliphatic carbocycles. The van der Waals surface area contributed by atoms with E-state index < -0.39 is 6.04 Å². The second kappa shape index (κ2) is 10.3. The first kappa shape index (κ1) is 21.9. The van der Waals surface area contributed by atoms with Gasteiger partial charge in [-0.1, -0.05) is 24.3 Å². The Kier molecular flexibility index (Phi) is 7.26. The van der Waals surface area contributed by atoms with E-state index >= 15 is 0 Å². The van der Waals surface area contributed by atoms with Gasteiger partial charge in [-0.05, 0) is 50.2 Å². The molecule has 0 spiro atoms. The Hall–Kier alpha value is -3.81. The number of urea groups is 1. The molecule has 0 saturated heterocycles. The first-order chi connectivity index (χ1) is 14.9. The average Bonchev–Trinajstić information content (AvgIpc) is 3.32. The number of para-hydroxylation sites is 1. The predicted molar refractivity (Wildman–Crippen MR) is 123 cm³/mol. The van der Waals surface area contributed by atoms with Crippen molar-refractivity contribution >= 4 is 29.0 Å². The van der Waals surface area contributed by atoms with Gasteiger partial charge in [-0.15, -0.1) is 0 Å². The molecule has 0 saturated carbocycles. The van der Waals surface area contributed by atoms with Crippen molar-refractivity contribution < 1.29 is 9.59 Å². The molecule has 8 nitrogen and oxygen atoms in total. The summed E-state index contributed by atoms with van der Waals surface area (Å²) in [7, 11) is 2.00. The Labute approximate surface area is 182 Å². The fraction of sp³-hybridized carbons (Fsp3) is 0.261. The molecule has 0 unspecified atom stereocenters. The van der Waals surface area contributed by atoms with E-state index in [0.29, 0.717) is 17.9 Å². The second-order valence-electron chi connectivity index (χ2n) is 7.36. The first-order valence-electron chi connectivity index (χ1n) is 10.2. The van der Waals surface area contributed by atoms with Crippen LogP contribution in [0.15, 0.2) is 73.1 Å². The van der Waals surface area contributed by atoms with Crippen LogP contribution in [0.25, 0.3) is 0 Å². The van der Waals surface area contributed by atoms with E-state index in [2.05, 4.69) is 25.9 Å². The number of nitrogens with one attached hydrogen (secondary N) is 3. The Morgan fingerprint density at radius 1 is 1.00 bits per heavy atom. The zero-order valence-corrected chi connectivity index (χ0v) is 17.9. The number of hydrogen-bond acceptors (Lipinski definition) is 4. The Balaban J connectivity index is 1.50. The van der Waals surface area contributed by atoms with E-state index in [9.17, 15) is 9.59 Å². The number of nitrogens with zero attached hydrogens (tertiary/aromatic N) is 3. The van der Waals surface area contributed by atoms with Crippen LogP contribution in [-0.4, -0.2) is 41.4 Å². The molecule has 1 aromatic heterocycles. The van der Waals surface area contributed by atoms with Crippen LogP contribution in [-0.2, 0) is 4.79 Å². The summed E-state index contributed by atoms with van der Waals surface area (Å²) < 4.78 is 1.58. The largest absolute Gasteiger partial charge is 0.370 e. The summed E-state index contributed by atoms with van der Waals surface area (Å²) in [5.74, 6) is -0.192. The number of benzene rings is 2. The van der Waals surface area contributed by atoms with Gasteiger partial charge in [0.1, 0.15) is 6.04 Å². The topological polar surface area (TPSA) is 91.3 Å². The smallest absolute Gasteiger partial charge is 0.319 e. The van der Waals surface area contributed by atoms with Crippen LogP contribution in [0.5, 0.6) is 0 Å². The first-order valence-corrected chi connectivity index (χ1v) is 10.2. The van der Waals surface area contributed by atoms with E-state index in [-0.39, 0.29) is 18.0 Å². The highest BCUT2D eigenvalue weighted by molar-refractivity contribution is 5.95. The number of rotatable bonds is 8. The molecular formula is C23H28N6O2. The standard InChI is InChI=1S/C23H28N6O2/c1-17(28(3)21-11-5-4-6-12-21)16-24-23(31)27-20-10-7-9-19(15-20)26-22(30)18(2)29-14-8-13-25-29/h4-15,17-18H,16H2,1-3H3,(H,26,30)(H2,24,27,31)/t17-,18+/m1/s1. The van der Waals surface area contributed by atoms with Crippen LogP contribution >= 0.6 is 0 Å². The maximum Gasteiger partial charge on any atom is 0.319 e. The number of hydrogen-bond donors (Lipinski definition) is 3. The highest BCUT2D eigenvalue weighted by atomic mass is 16.2. The Bertz CT molecular complexity index is 990. The summed E-state index contributed by atoms with van der Waals surface area (Å²) in [6.07, 6.45) is 3.37. The number of amides is 3. The molecule has 162 valence electrons. The van der Waals surface area contributed by atoms with E-state index in [4.69, 9.17) is 0 Å². The fourth-order valence-electron chi connectivity index (χ4n) is 3.02. The van der Waals surface area contributed by atoms with Crippen molar-refractivity contribution in [3.63, 3.8) is 0 Å². The molecule has 0 aliphatic heterocycles. The minimum Gasteiger partial charge on any atom is -0.370 e. The molecule has 3 N–H and O–H groups in total. The van der Waals surface area contributed by atoms with Crippen LogP contribution in [0.4, 0.5) is 21.9 Å². The lowest BCUT2D eigenvalue weighted by Gasteiger charge is -2.27. The van der Waals surface area contributed by atoms with Crippen molar-refractivity contribution in [3.05, 3.63) is 73.1 Å². The Morgan fingerprint density at radius 3 is 2.39 bits per heavy atom. The second-order valence-corrected chi connectivity index (χ2v) is 7.36. The van der Waals surface area contributed by atoms with Gasteiger partial charge in [0.15, 0.2) is 0 Å². The number of aromatic nitrogens is 2. The van der Waals surface area contributed by atoms with Crippen LogP contribution in [0.2, 0.25) is 0 Å². The SMILES string of the molecule is C[C@H](CNC(=O)Nc1cccc(NC(=O)[C@H](C)n2cccn2)c1)N(C)c1ccccc1. The van der Waals surface area contributed by atoms with Gasteiger partial charge in [0.2, 0.25) is 5.91 Å². The summed E-state index contributed by atoms with van der Waals surface area (Å²) >= 11 is 0. The third-order valence-corrected chi connectivity index (χ3v) is 5.07. The van der Waals surface area contributed by atoms with Gasteiger partial charge in [0, 0.05) is 49.1 Å². The van der Waals surface area contributed by atoms with E-state index in [1.165, 1.54) is 0 Å². The maximum atomic E-state index is 12.4.